The normalized spacial score (nSPS) is 23.4. The van der Waals surface area contributed by atoms with E-state index in [0.717, 1.165) is 5.92 Å². The van der Waals surface area contributed by atoms with Crippen LogP contribution >= 0.6 is 0 Å². The molecule has 1 amide bonds. The maximum absolute atomic E-state index is 11.7. The first-order valence-electron chi connectivity index (χ1n) is 9.23. The Labute approximate surface area is 136 Å². The molecule has 1 aliphatic carbocycles. The highest BCUT2D eigenvalue weighted by molar-refractivity contribution is 5.76. The van der Waals surface area contributed by atoms with Crippen LogP contribution in [0.5, 0.6) is 0 Å². The van der Waals surface area contributed by atoms with Crippen molar-refractivity contribution >= 4 is 5.91 Å². The van der Waals surface area contributed by atoms with E-state index in [1.165, 1.54) is 64.6 Å². The summed E-state index contributed by atoms with van der Waals surface area (Å²) < 4.78 is 0. The molecule has 22 heavy (non-hydrogen) atoms. The summed E-state index contributed by atoms with van der Waals surface area (Å²) in [7, 11) is 3.66. The van der Waals surface area contributed by atoms with Gasteiger partial charge < -0.3 is 15.1 Å². The first-order chi connectivity index (χ1) is 10.5. The lowest BCUT2D eigenvalue weighted by molar-refractivity contribution is -0.129. The van der Waals surface area contributed by atoms with Gasteiger partial charge in [-0.05, 0) is 51.6 Å². The predicted molar refractivity (Wildman–Crippen MR) is 91.9 cm³/mol. The third-order valence-corrected chi connectivity index (χ3v) is 5.33. The molecular weight excluding hydrogens is 274 g/mol. The van der Waals surface area contributed by atoms with E-state index >= 15 is 0 Å². The molecule has 0 radical (unpaired) electrons. The number of carbonyl (C=O) groups is 1. The van der Waals surface area contributed by atoms with Gasteiger partial charge >= 0.3 is 0 Å². The summed E-state index contributed by atoms with van der Waals surface area (Å²) in [6, 6.07) is 0.873. The third kappa shape index (κ3) is 5.88. The summed E-state index contributed by atoms with van der Waals surface area (Å²) >= 11 is 0. The Morgan fingerprint density at radius 3 is 2.36 bits per heavy atom. The molecule has 4 nitrogen and oxygen atoms in total. The molecule has 0 aromatic carbocycles. The number of hydrogen-bond acceptors (Lipinski definition) is 3. The van der Waals surface area contributed by atoms with Gasteiger partial charge in [0.05, 0.1) is 0 Å². The maximum atomic E-state index is 11.7. The summed E-state index contributed by atoms with van der Waals surface area (Å²) in [4.78, 5) is 16.1. The molecule has 1 saturated heterocycles. The second-order valence-electron chi connectivity index (χ2n) is 7.64. The van der Waals surface area contributed by atoms with E-state index < -0.39 is 0 Å². The Morgan fingerprint density at radius 1 is 1.14 bits per heavy atom. The van der Waals surface area contributed by atoms with Crippen LogP contribution in [0.1, 0.15) is 58.3 Å². The quantitative estimate of drug-likeness (QED) is 0.819. The molecule has 2 aliphatic rings. The van der Waals surface area contributed by atoms with Crippen LogP contribution in [-0.4, -0.2) is 61.5 Å². The van der Waals surface area contributed by atoms with Gasteiger partial charge in [0.15, 0.2) is 0 Å². The van der Waals surface area contributed by atoms with Gasteiger partial charge in [-0.3, -0.25) is 4.79 Å². The van der Waals surface area contributed by atoms with Crippen LogP contribution in [0.2, 0.25) is 0 Å². The number of likely N-dealkylation sites (tertiary alicyclic amines) is 1. The number of hydrogen-bond donors (Lipinski definition) is 1. The van der Waals surface area contributed by atoms with Crippen molar-refractivity contribution in [2.45, 2.75) is 70.4 Å². The molecule has 1 atom stereocenters. The maximum Gasteiger partial charge on any atom is 0.223 e. The van der Waals surface area contributed by atoms with Gasteiger partial charge in [-0.15, -0.1) is 0 Å². The number of amides is 1. The van der Waals surface area contributed by atoms with Crippen molar-refractivity contribution in [3.05, 3.63) is 0 Å². The van der Waals surface area contributed by atoms with E-state index in [0.29, 0.717) is 12.5 Å². The summed E-state index contributed by atoms with van der Waals surface area (Å²) in [6.07, 6.45) is 10.3. The summed E-state index contributed by atoms with van der Waals surface area (Å²) in [5.41, 5.74) is 0. The first kappa shape index (κ1) is 17.7. The zero-order chi connectivity index (χ0) is 15.9. The summed E-state index contributed by atoms with van der Waals surface area (Å²) in [6.45, 7) is 5.90. The lowest BCUT2D eigenvalue weighted by Gasteiger charge is -2.36. The molecule has 0 aromatic rings. The van der Waals surface area contributed by atoms with Crippen LogP contribution in [0, 0.1) is 5.92 Å². The topological polar surface area (TPSA) is 35.6 Å². The fourth-order valence-corrected chi connectivity index (χ4v) is 3.92. The van der Waals surface area contributed by atoms with Gasteiger partial charge in [0, 0.05) is 39.1 Å². The second-order valence-corrected chi connectivity index (χ2v) is 7.64. The molecule has 4 heteroatoms. The minimum Gasteiger partial charge on any atom is -0.349 e. The Morgan fingerprint density at radius 2 is 1.77 bits per heavy atom. The van der Waals surface area contributed by atoms with Gasteiger partial charge in [-0.1, -0.05) is 19.3 Å². The monoisotopic (exact) mass is 309 g/mol. The average molecular weight is 309 g/mol. The highest BCUT2D eigenvalue weighted by atomic mass is 16.2. The van der Waals surface area contributed by atoms with Crippen LogP contribution in [0.4, 0.5) is 0 Å². The van der Waals surface area contributed by atoms with Crippen molar-refractivity contribution in [3.8, 4) is 0 Å². The zero-order valence-corrected chi connectivity index (χ0v) is 14.8. The minimum absolute atomic E-state index is 0.217. The zero-order valence-electron chi connectivity index (χ0n) is 14.8. The molecule has 2 rings (SSSR count). The Hall–Kier alpha value is -0.610. The second kappa shape index (κ2) is 8.88. The molecule has 0 spiro atoms. The van der Waals surface area contributed by atoms with Crippen LogP contribution in [0.3, 0.4) is 0 Å². The third-order valence-electron chi connectivity index (χ3n) is 5.33. The molecule has 0 aromatic heterocycles. The summed E-state index contributed by atoms with van der Waals surface area (Å²) in [5.74, 6) is 1.17. The standard InChI is InChI=1S/C18H35N3O/c1-15(13-18(22)20(2)3)19-17-9-11-21(12-10-17)14-16-7-5-4-6-8-16/h15-17,19H,4-14H2,1-3H3/t15-/m0/s1. The van der Waals surface area contributed by atoms with E-state index in [1.54, 1.807) is 4.90 Å². The van der Waals surface area contributed by atoms with E-state index in [4.69, 9.17) is 0 Å². The van der Waals surface area contributed by atoms with Crippen LogP contribution < -0.4 is 5.32 Å². The van der Waals surface area contributed by atoms with E-state index in [-0.39, 0.29) is 11.9 Å². The molecular formula is C18H35N3O. The lowest BCUT2D eigenvalue weighted by Crippen LogP contribution is -2.47. The van der Waals surface area contributed by atoms with Gasteiger partial charge in [-0.2, -0.15) is 0 Å². The Bertz CT molecular complexity index is 331. The number of carbonyl (C=O) groups excluding carboxylic acids is 1. The van der Waals surface area contributed by atoms with Gasteiger partial charge in [0.25, 0.3) is 0 Å². The molecule has 2 fully saturated rings. The Balaban J connectivity index is 1.63. The molecule has 0 unspecified atom stereocenters. The van der Waals surface area contributed by atoms with E-state index in [2.05, 4.69) is 17.1 Å². The van der Waals surface area contributed by atoms with Crippen molar-refractivity contribution in [1.29, 1.82) is 0 Å². The lowest BCUT2D eigenvalue weighted by atomic mass is 9.88. The molecule has 1 saturated carbocycles. The van der Waals surface area contributed by atoms with Crippen molar-refractivity contribution < 1.29 is 4.79 Å². The van der Waals surface area contributed by atoms with Crippen molar-refractivity contribution in [2.24, 2.45) is 5.92 Å². The van der Waals surface area contributed by atoms with E-state index in [9.17, 15) is 4.79 Å². The SMILES string of the molecule is C[C@@H](CC(=O)N(C)C)NC1CCN(CC2CCCCC2)CC1. The van der Waals surface area contributed by atoms with Crippen molar-refractivity contribution in [2.75, 3.05) is 33.7 Å². The molecule has 1 aliphatic heterocycles. The van der Waals surface area contributed by atoms with Crippen LogP contribution in [0.15, 0.2) is 0 Å². The predicted octanol–water partition coefficient (Wildman–Crippen LogP) is 2.49. The summed E-state index contributed by atoms with van der Waals surface area (Å²) in [5, 5.41) is 3.65. The molecule has 128 valence electrons. The van der Waals surface area contributed by atoms with Crippen LogP contribution in [-0.2, 0) is 4.79 Å². The minimum atomic E-state index is 0.217. The number of piperidine rings is 1. The van der Waals surface area contributed by atoms with Gasteiger partial charge in [0.1, 0.15) is 0 Å². The fourth-order valence-electron chi connectivity index (χ4n) is 3.92. The van der Waals surface area contributed by atoms with Crippen molar-refractivity contribution in [1.82, 2.24) is 15.1 Å². The average Bonchev–Trinajstić information content (AvgIpc) is 2.50. The Kier molecular flexibility index (Phi) is 7.16. The van der Waals surface area contributed by atoms with Gasteiger partial charge in [-0.25, -0.2) is 0 Å². The largest absolute Gasteiger partial charge is 0.349 e. The van der Waals surface area contributed by atoms with E-state index in [1.807, 2.05) is 14.1 Å². The molecule has 1 N–H and O–H groups in total. The number of nitrogens with one attached hydrogen (secondary N) is 1. The van der Waals surface area contributed by atoms with Crippen molar-refractivity contribution in [3.63, 3.8) is 0 Å². The first-order valence-corrected chi connectivity index (χ1v) is 9.23. The molecule has 1 heterocycles. The van der Waals surface area contributed by atoms with Crippen LogP contribution in [0.25, 0.3) is 0 Å². The highest BCUT2D eigenvalue weighted by Crippen LogP contribution is 2.25. The van der Waals surface area contributed by atoms with Gasteiger partial charge in [0.2, 0.25) is 5.91 Å². The smallest absolute Gasteiger partial charge is 0.223 e. The number of nitrogens with zero attached hydrogens (tertiary/aromatic N) is 2. The highest BCUT2D eigenvalue weighted by Gasteiger charge is 2.24. The molecule has 0 bridgehead atoms. The number of rotatable bonds is 6. The fraction of sp³-hybridized carbons (Fsp3) is 0.944.